The number of sulfonamides is 1. The van der Waals surface area contributed by atoms with Crippen molar-refractivity contribution in [2.24, 2.45) is 0 Å². The van der Waals surface area contributed by atoms with Gasteiger partial charge in [-0.2, -0.15) is 0 Å². The highest BCUT2D eigenvalue weighted by molar-refractivity contribution is 9.11. The van der Waals surface area contributed by atoms with Crippen molar-refractivity contribution in [3.63, 3.8) is 0 Å². The molecule has 0 aliphatic carbocycles. The van der Waals surface area contributed by atoms with Crippen molar-refractivity contribution < 1.29 is 23.1 Å². The largest absolute Gasteiger partial charge is 0.493 e. The second kappa shape index (κ2) is 6.87. The van der Waals surface area contributed by atoms with Crippen LogP contribution < -0.4 is 9.46 Å². The summed E-state index contributed by atoms with van der Waals surface area (Å²) >= 11 is 3.03. The Morgan fingerprint density at radius 2 is 2.15 bits per heavy atom. The summed E-state index contributed by atoms with van der Waals surface area (Å²) in [7, 11) is -3.80. The third kappa shape index (κ3) is 4.32. The molecule has 0 heterocycles. The summed E-state index contributed by atoms with van der Waals surface area (Å²) in [5.41, 5.74) is -0.201. The molecule has 0 atom stereocenters. The number of carboxylic acid groups (broad SMARTS) is 1. The van der Waals surface area contributed by atoms with Crippen LogP contribution in [-0.4, -0.2) is 32.6 Å². The summed E-state index contributed by atoms with van der Waals surface area (Å²) in [5.74, 6) is -1.13. The Hall–Kier alpha value is -1.38. The summed E-state index contributed by atoms with van der Waals surface area (Å²) in [6.07, 6.45) is 0. The number of aromatic carboxylic acids is 1. The number of halogens is 1. The topological polar surface area (TPSA) is 92.7 Å². The summed E-state index contributed by atoms with van der Waals surface area (Å²) in [5, 5.41) is 9.08. The van der Waals surface area contributed by atoms with Gasteiger partial charge in [0.1, 0.15) is 11.3 Å². The molecular weight excluding hydrogens is 350 g/mol. The van der Waals surface area contributed by atoms with Gasteiger partial charge in [0.05, 0.1) is 11.5 Å². The number of hydrogen-bond donors (Lipinski definition) is 2. The molecule has 0 aromatic heterocycles. The number of rotatable bonds is 7. The van der Waals surface area contributed by atoms with E-state index in [4.69, 9.17) is 9.84 Å². The number of ether oxygens (including phenoxy) is 1. The van der Waals surface area contributed by atoms with Crippen LogP contribution in [0.4, 0.5) is 0 Å². The molecule has 0 spiro atoms. The van der Waals surface area contributed by atoms with Crippen LogP contribution >= 0.6 is 15.9 Å². The lowest BCUT2D eigenvalue weighted by Gasteiger charge is -2.10. The molecule has 0 fully saturated rings. The minimum absolute atomic E-state index is 0.0119. The van der Waals surface area contributed by atoms with Gasteiger partial charge in [0.2, 0.25) is 10.0 Å². The predicted octanol–water partition coefficient (Wildman–Crippen LogP) is 1.97. The predicted molar refractivity (Wildman–Crippen MR) is 77.8 cm³/mol. The van der Waals surface area contributed by atoms with E-state index in [0.29, 0.717) is 4.48 Å². The third-order valence-corrected chi connectivity index (χ3v) is 3.92. The molecule has 0 amide bonds. The number of carboxylic acids is 1. The van der Waals surface area contributed by atoms with E-state index in [1.54, 1.807) is 6.92 Å². The Morgan fingerprint density at radius 1 is 1.50 bits per heavy atom. The van der Waals surface area contributed by atoms with Gasteiger partial charge < -0.3 is 9.84 Å². The molecule has 1 rings (SSSR count). The van der Waals surface area contributed by atoms with Gasteiger partial charge in [-0.25, -0.2) is 17.9 Å². The van der Waals surface area contributed by atoms with E-state index in [0.717, 1.165) is 6.07 Å². The van der Waals surface area contributed by atoms with E-state index in [9.17, 15) is 13.2 Å². The molecule has 0 saturated carbocycles. The van der Waals surface area contributed by atoms with Crippen LogP contribution in [0.5, 0.6) is 5.75 Å². The lowest BCUT2D eigenvalue weighted by Crippen LogP contribution is -2.25. The van der Waals surface area contributed by atoms with Crippen LogP contribution in [0.2, 0.25) is 0 Å². The molecule has 20 heavy (non-hydrogen) atoms. The van der Waals surface area contributed by atoms with Crippen molar-refractivity contribution in [1.82, 2.24) is 4.72 Å². The lowest BCUT2D eigenvalue weighted by atomic mass is 10.2. The fraction of sp³-hybridized carbons (Fsp3) is 0.250. The molecular formula is C12H14BrNO5S. The van der Waals surface area contributed by atoms with Gasteiger partial charge in [-0.3, -0.25) is 0 Å². The first-order valence-corrected chi connectivity index (χ1v) is 7.88. The number of nitrogens with one attached hydrogen (secondary N) is 1. The fourth-order valence-electron chi connectivity index (χ4n) is 1.38. The molecule has 8 heteroatoms. The van der Waals surface area contributed by atoms with Gasteiger partial charge in [-0.1, -0.05) is 22.5 Å². The highest BCUT2D eigenvalue weighted by Gasteiger charge is 2.19. The average Bonchev–Trinajstić information content (AvgIpc) is 2.37. The second-order valence-corrected chi connectivity index (χ2v) is 6.63. The van der Waals surface area contributed by atoms with Crippen LogP contribution in [0.25, 0.3) is 0 Å². The average molecular weight is 364 g/mol. The Kier molecular flexibility index (Phi) is 5.73. The zero-order chi connectivity index (χ0) is 15.3. The summed E-state index contributed by atoms with van der Waals surface area (Å²) in [4.78, 5) is 11.0. The minimum Gasteiger partial charge on any atom is -0.493 e. The molecule has 0 aliphatic rings. The summed E-state index contributed by atoms with van der Waals surface area (Å²) in [6, 6.07) is 3.67. The lowest BCUT2D eigenvalue weighted by molar-refractivity contribution is 0.0692. The van der Waals surface area contributed by atoms with Gasteiger partial charge in [-0.05, 0) is 25.1 Å². The molecule has 1 aromatic rings. The first-order chi connectivity index (χ1) is 9.27. The van der Waals surface area contributed by atoms with E-state index in [1.807, 2.05) is 0 Å². The Morgan fingerprint density at radius 3 is 2.65 bits per heavy atom. The molecule has 0 bridgehead atoms. The smallest absolute Gasteiger partial charge is 0.339 e. The zero-order valence-electron chi connectivity index (χ0n) is 10.7. The van der Waals surface area contributed by atoms with Crippen molar-refractivity contribution in [3.8, 4) is 5.75 Å². The fourth-order valence-corrected chi connectivity index (χ4v) is 2.76. The van der Waals surface area contributed by atoms with Crippen molar-refractivity contribution in [2.75, 3.05) is 13.2 Å². The quantitative estimate of drug-likeness (QED) is 0.772. The van der Waals surface area contributed by atoms with Crippen molar-refractivity contribution in [2.45, 2.75) is 11.8 Å². The third-order valence-electron chi connectivity index (χ3n) is 2.25. The van der Waals surface area contributed by atoms with Crippen molar-refractivity contribution >= 4 is 31.9 Å². The Bertz CT molecular complexity index is 627. The monoisotopic (exact) mass is 363 g/mol. The normalized spacial score (nSPS) is 11.1. The number of hydrogen-bond acceptors (Lipinski definition) is 4. The minimum atomic E-state index is -3.80. The van der Waals surface area contributed by atoms with E-state index >= 15 is 0 Å². The maximum Gasteiger partial charge on any atom is 0.339 e. The Balaban J connectivity index is 3.17. The van der Waals surface area contributed by atoms with Crippen LogP contribution in [0, 0.1) is 0 Å². The molecule has 0 aliphatic heterocycles. The Labute approximate surface area is 125 Å². The highest BCUT2D eigenvalue weighted by atomic mass is 79.9. The maximum absolute atomic E-state index is 12.0. The van der Waals surface area contributed by atoms with Crippen molar-refractivity contribution in [1.29, 1.82) is 0 Å². The van der Waals surface area contributed by atoms with E-state index in [1.165, 1.54) is 12.1 Å². The zero-order valence-corrected chi connectivity index (χ0v) is 13.1. The number of carbonyl (C=O) groups is 1. The second-order valence-electron chi connectivity index (χ2n) is 3.74. The van der Waals surface area contributed by atoms with Gasteiger partial charge in [0.25, 0.3) is 0 Å². The molecule has 6 nitrogen and oxygen atoms in total. The SMILES string of the molecule is C=C(Br)CNS(=O)(=O)c1ccc(OCC)c(C(=O)O)c1. The first kappa shape index (κ1) is 16.7. The van der Waals surface area contributed by atoms with Crippen LogP contribution in [0.3, 0.4) is 0 Å². The van der Waals surface area contributed by atoms with Gasteiger partial charge in [0, 0.05) is 11.0 Å². The molecule has 110 valence electrons. The summed E-state index contributed by atoms with van der Waals surface area (Å²) < 4.78 is 31.8. The molecule has 0 saturated heterocycles. The first-order valence-electron chi connectivity index (χ1n) is 5.61. The standard InChI is InChI=1S/C12H14BrNO5S/c1-3-19-11-5-4-9(6-10(11)12(15)16)20(17,18)14-7-8(2)13/h4-6,14H,2-3,7H2,1H3,(H,15,16). The number of benzene rings is 1. The van der Waals surface area contributed by atoms with E-state index in [2.05, 4.69) is 27.2 Å². The molecule has 2 N–H and O–H groups in total. The van der Waals surface area contributed by atoms with Gasteiger partial charge in [-0.15, -0.1) is 0 Å². The molecule has 1 aromatic carbocycles. The molecule has 0 radical (unpaired) electrons. The van der Waals surface area contributed by atoms with E-state index in [-0.39, 0.29) is 29.4 Å². The molecule has 0 unspecified atom stereocenters. The van der Waals surface area contributed by atoms with Gasteiger partial charge >= 0.3 is 5.97 Å². The van der Waals surface area contributed by atoms with Crippen LogP contribution in [0.1, 0.15) is 17.3 Å². The van der Waals surface area contributed by atoms with Crippen molar-refractivity contribution in [3.05, 3.63) is 34.8 Å². The highest BCUT2D eigenvalue weighted by Crippen LogP contribution is 2.23. The van der Waals surface area contributed by atoms with Crippen LogP contribution in [0.15, 0.2) is 34.2 Å². The van der Waals surface area contributed by atoms with Gasteiger partial charge in [0.15, 0.2) is 0 Å². The summed E-state index contributed by atoms with van der Waals surface area (Å²) in [6.45, 7) is 5.52. The van der Waals surface area contributed by atoms with E-state index < -0.39 is 16.0 Å². The maximum atomic E-state index is 12.0. The van der Waals surface area contributed by atoms with Crippen LogP contribution in [-0.2, 0) is 10.0 Å².